The van der Waals surface area contributed by atoms with Gasteiger partial charge in [0, 0.05) is 55.0 Å². The Labute approximate surface area is 370 Å². The van der Waals surface area contributed by atoms with Crippen molar-refractivity contribution in [2.75, 3.05) is 49.8 Å². The molecule has 3 aromatic carbocycles. The summed E-state index contributed by atoms with van der Waals surface area (Å²) in [6.45, 7) is 9.41. The maximum Gasteiger partial charge on any atom is 0.305 e. The summed E-state index contributed by atoms with van der Waals surface area (Å²) < 4.78 is 19.7. The van der Waals surface area contributed by atoms with Crippen LogP contribution in [0.15, 0.2) is 72.9 Å². The number of rotatable bonds is 20. The van der Waals surface area contributed by atoms with Gasteiger partial charge in [0.1, 0.15) is 5.75 Å². The maximum absolute atomic E-state index is 15.3. The van der Waals surface area contributed by atoms with E-state index < -0.39 is 32.0 Å². The van der Waals surface area contributed by atoms with E-state index >= 15 is 4.79 Å². The summed E-state index contributed by atoms with van der Waals surface area (Å²) in [6.07, 6.45) is 4.79. The van der Waals surface area contributed by atoms with Crippen LogP contribution in [0.5, 0.6) is 5.75 Å². The van der Waals surface area contributed by atoms with Crippen molar-refractivity contribution >= 4 is 43.2 Å². The Kier molecular flexibility index (Phi) is 14.5. The summed E-state index contributed by atoms with van der Waals surface area (Å²) >= 11 is 0. The second kappa shape index (κ2) is 19.8. The molecule has 1 aromatic heterocycles. The molecular formula is C47H62N6O9Si. The number of hydrogen-bond donors (Lipinski definition) is 4. The number of esters is 1. The Hall–Kier alpha value is -4.97. The van der Waals surface area contributed by atoms with Gasteiger partial charge in [0.05, 0.1) is 55.5 Å². The highest BCUT2D eigenvalue weighted by molar-refractivity contribution is 6.71. The monoisotopic (exact) mass is 882 g/mol. The van der Waals surface area contributed by atoms with Gasteiger partial charge in [-0.2, -0.15) is 0 Å². The zero-order valence-corrected chi connectivity index (χ0v) is 38.0. The number of nitrogens with one attached hydrogen (secondary N) is 1. The van der Waals surface area contributed by atoms with Gasteiger partial charge >= 0.3 is 5.97 Å². The van der Waals surface area contributed by atoms with Crippen molar-refractivity contribution in [2.45, 2.75) is 108 Å². The predicted octanol–water partition coefficient (Wildman–Crippen LogP) is 5.33. The highest BCUT2D eigenvalue weighted by Crippen LogP contribution is 2.60. The van der Waals surface area contributed by atoms with Crippen LogP contribution in [0.1, 0.15) is 80.7 Å². The van der Waals surface area contributed by atoms with E-state index in [1.54, 1.807) is 14.5 Å². The molecule has 1 spiro atoms. The van der Waals surface area contributed by atoms with Gasteiger partial charge in [-0.3, -0.25) is 24.0 Å². The van der Waals surface area contributed by atoms with Gasteiger partial charge in [-0.15, -0.1) is 5.10 Å². The van der Waals surface area contributed by atoms with Gasteiger partial charge in [0.25, 0.3) is 5.91 Å². The number of amides is 2. The fraction of sp³-hybridized carbons (Fsp3) is 0.511. The predicted molar refractivity (Wildman–Crippen MR) is 240 cm³/mol. The Morgan fingerprint density at radius 1 is 1.02 bits per heavy atom. The smallest absolute Gasteiger partial charge is 0.305 e. The Morgan fingerprint density at radius 2 is 1.79 bits per heavy atom. The molecular weight excluding hydrogens is 821 g/mol. The van der Waals surface area contributed by atoms with Crippen LogP contribution in [0.3, 0.4) is 0 Å². The molecule has 6 atom stereocenters. The van der Waals surface area contributed by atoms with Gasteiger partial charge in [-0.1, -0.05) is 42.5 Å². The minimum atomic E-state index is -3.04. The molecule has 15 nitrogen and oxygen atoms in total. The Morgan fingerprint density at radius 3 is 2.51 bits per heavy atom. The van der Waals surface area contributed by atoms with Crippen molar-refractivity contribution in [2.24, 2.45) is 5.92 Å². The van der Waals surface area contributed by atoms with Crippen LogP contribution in [0, 0.1) is 5.92 Å². The molecule has 4 aromatic rings. The van der Waals surface area contributed by atoms with E-state index in [1.807, 2.05) is 99.9 Å². The van der Waals surface area contributed by atoms with E-state index in [9.17, 15) is 24.6 Å². The third-order valence-corrected chi connectivity index (χ3v) is 15.4. The number of fused-ring (bicyclic) bond motifs is 3. The normalized spacial score (nSPS) is 22.4. The second-order valence-electron chi connectivity index (χ2n) is 17.4. The van der Waals surface area contributed by atoms with E-state index in [0.717, 1.165) is 16.8 Å². The molecule has 2 unspecified atom stereocenters. The van der Waals surface area contributed by atoms with E-state index in [1.165, 1.54) is 7.11 Å². The number of anilines is 3. The zero-order chi connectivity index (χ0) is 44.9. The van der Waals surface area contributed by atoms with Crippen LogP contribution in [0.4, 0.5) is 17.1 Å². The number of nitrogens with zero attached hydrogens (tertiary/aromatic N) is 5. The van der Waals surface area contributed by atoms with Crippen molar-refractivity contribution in [3.8, 4) is 5.75 Å². The molecule has 1 fully saturated rings. The molecule has 0 aliphatic carbocycles. The van der Waals surface area contributed by atoms with Crippen LogP contribution in [-0.2, 0) is 42.4 Å². The first-order chi connectivity index (χ1) is 30.4. The highest BCUT2D eigenvalue weighted by atomic mass is 28.4. The molecule has 16 heteroatoms. The van der Waals surface area contributed by atoms with Crippen molar-refractivity contribution < 1.29 is 43.6 Å². The molecule has 4 N–H and O–H groups in total. The third kappa shape index (κ3) is 9.33. The lowest BCUT2D eigenvalue weighted by atomic mass is 9.82. The SMILES string of the molecule is CCOc1ccc2c(c1)CC(NCCCCO)C(=O)N2c1ccc2c(c1)[C@]1(O[C@@H](CCn3cc(C(CO)c4ccccc4)nn3)[C@H]([Si](C)(C)O)[C@H]1C)C(=O)N2CCCCC(=O)OC. The topological polar surface area (TPSA) is 189 Å². The highest BCUT2D eigenvalue weighted by Gasteiger charge is 2.66. The summed E-state index contributed by atoms with van der Waals surface area (Å²) in [6, 6.07) is 20.5. The van der Waals surface area contributed by atoms with Crippen LogP contribution in [0.2, 0.25) is 18.6 Å². The first kappa shape index (κ1) is 46.0. The number of methoxy groups -OCH3 is 1. The molecule has 338 valence electrons. The molecule has 0 bridgehead atoms. The summed E-state index contributed by atoms with van der Waals surface area (Å²) in [5.74, 6) is -0.790. The minimum absolute atomic E-state index is 0.0736. The number of carbonyl (C=O) groups excluding carboxylic acids is 3. The summed E-state index contributed by atoms with van der Waals surface area (Å²) in [4.78, 5) is 57.4. The van der Waals surface area contributed by atoms with Crippen LogP contribution < -0.4 is 19.9 Å². The average Bonchev–Trinajstić information content (AvgIpc) is 3.93. The standard InChI is InChI=1S/C47H62N6O9Si/c1-6-61-35-18-20-40-33(26-35)27-38(48-22-11-13-25-54)45(57)53(40)34-17-19-41-37(28-34)47(46(58)52(41)23-12-10-16-43(56)60-3)31(2)44(63(4,5)59)42(62-47)21-24-51-29-39(49-50-51)36(30-55)32-14-8-7-9-15-32/h7-9,14-15,17-20,26,28-29,31,36,38,42,44,48,54-55,59H,6,10-13,16,21-25,27,30H2,1-5H3/t31-,36?,38?,42+,44-,47+/m1/s1. The summed E-state index contributed by atoms with van der Waals surface area (Å²) in [5, 5.41) is 31.9. The molecule has 1 saturated heterocycles. The van der Waals surface area contributed by atoms with Crippen LogP contribution >= 0.6 is 0 Å². The molecule has 3 aliphatic heterocycles. The fourth-order valence-electron chi connectivity index (χ4n) is 9.96. The third-order valence-electron chi connectivity index (χ3n) is 12.9. The molecule has 7 rings (SSSR count). The zero-order valence-electron chi connectivity index (χ0n) is 37.0. The van der Waals surface area contributed by atoms with Crippen molar-refractivity contribution in [1.29, 1.82) is 0 Å². The van der Waals surface area contributed by atoms with Crippen molar-refractivity contribution in [3.63, 3.8) is 0 Å². The van der Waals surface area contributed by atoms with Crippen molar-refractivity contribution in [3.05, 3.63) is 95.3 Å². The van der Waals surface area contributed by atoms with Crippen molar-refractivity contribution in [1.82, 2.24) is 20.3 Å². The lowest BCUT2D eigenvalue weighted by molar-refractivity contribution is -0.146. The van der Waals surface area contributed by atoms with Gasteiger partial charge < -0.3 is 39.4 Å². The average molecular weight is 883 g/mol. The first-order valence-corrected chi connectivity index (χ1v) is 25.3. The Bertz CT molecular complexity index is 2230. The molecule has 0 radical (unpaired) electrons. The lowest BCUT2D eigenvalue weighted by Crippen LogP contribution is -2.49. The number of aromatic nitrogens is 3. The lowest BCUT2D eigenvalue weighted by Gasteiger charge is -2.36. The minimum Gasteiger partial charge on any atom is -0.494 e. The Balaban J connectivity index is 1.26. The number of unbranched alkanes of at least 4 members (excludes halogenated alkanes) is 2. The quantitative estimate of drug-likeness (QED) is 0.0509. The van der Waals surface area contributed by atoms with Gasteiger partial charge in [0.15, 0.2) is 13.9 Å². The molecule has 63 heavy (non-hydrogen) atoms. The number of benzene rings is 3. The maximum atomic E-state index is 15.3. The number of aliphatic hydroxyl groups excluding tert-OH is 2. The van der Waals surface area contributed by atoms with Gasteiger partial charge in [-0.25, -0.2) is 0 Å². The van der Waals surface area contributed by atoms with E-state index in [0.29, 0.717) is 93.1 Å². The molecule has 3 aliphatic rings. The van der Waals surface area contributed by atoms with Gasteiger partial charge in [-0.05, 0) is 113 Å². The summed E-state index contributed by atoms with van der Waals surface area (Å²) in [7, 11) is -1.68. The number of aliphatic hydroxyl groups is 2. The van der Waals surface area contributed by atoms with E-state index in [4.69, 9.17) is 14.2 Å². The molecule has 0 saturated carbocycles. The largest absolute Gasteiger partial charge is 0.494 e. The number of carbonyl (C=O) groups is 3. The van der Waals surface area contributed by atoms with Gasteiger partial charge in [0.2, 0.25) is 5.91 Å². The number of aryl methyl sites for hydroxylation is 1. The molecule has 4 heterocycles. The van der Waals surface area contributed by atoms with Crippen LogP contribution in [0.25, 0.3) is 0 Å². The number of hydrogen-bond acceptors (Lipinski definition) is 12. The molecule has 2 amide bonds. The first-order valence-electron chi connectivity index (χ1n) is 22.3. The number of ether oxygens (including phenoxy) is 3. The summed E-state index contributed by atoms with van der Waals surface area (Å²) in [5.41, 5.74) is 3.24. The van der Waals surface area contributed by atoms with E-state index in [-0.39, 0.29) is 48.9 Å². The second-order valence-corrected chi connectivity index (χ2v) is 21.4. The fourth-order valence-corrected chi connectivity index (χ4v) is 12.6. The van der Waals surface area contributed by atoms with E-state index in [2.05, 4.69) is 15.6 Å². The van der Waals surface area contributed by atoms with Crippen LogP contribution in [-0.4, -0.2) is 108 Å².